The lowest BCUT2D eigenvalue weighted by Crippen LogP contribution is -2.46. The highest BCUT2D eigenvalue weighted by Crippen LogP contribution is 2.35. The minimum Gasteiger partial charge on any atom is -0.315 e. The number of hydrogen-bond donors (Lipinski definition) is 1. The number of benzene rings is 1. The molecule has 2 N–H and O–H groups in total. The van der Waals surface area contributed by atoms with E-state index >= 15 is 0 Å². The fraction of sp³-hybridized carbons (Fsp3) is 0.300. The Balaban J connectivity index is 1.68. The van der Waals surface area contributed by atoms with E-state index in [2.05, 4.69) is 21.8 Å². The molecule has 0 spiro atoms. The van der Waals surface area contributed by atoms with E-state index in [1.807, 2.05) is 41.6 Å². The van der Waals surface area contributed by atoms with Crippen molar-refractivity contribution in [3.8, 4) is 5.69 Å². The molecule has 3 heterocycles. The summed E-state index contributed by atoms with van der Waals surface area (Å²) in [7, 11) is 0. The molecule has 1 atom stereocenters. The number of fused-ring (bicyclic) bond motifs is 1. The summed E-state index contributed by atoms with van der Waals surface area (Å²) < 4.78 is 2.18. The van der Waals surface area contributed by atoms with E-state index in [0.29, 0.717) is 5.92 Å². The van der Waals surface area contributed by atoms with Crippen LogP contribution in [0.25, 0.3) is 16.6 Å². The molecule has 3 aromatic rings. The molecule has 26 heavy (non-hydrogen) atoms. The van der Waals surface area contributed by atoms with Gasteiger partial charge in [-0.15, -0.1) is 0 Å². The van der Waals surface area contributed by atoms with Crippen LogP contribution < -0.4 is 5.73 Å². The maximum Gasteiger partial charge on any atom is 0.151 e. The Hall–Kier alpha value is -2.21. The number of nitrogens with two attached hydrogens (primary N) is 1. The van der Waals surface area contributed by atoms with E-state index in [-0.39, 0.29) is 0 Å². The first kappa shape index (κ1) is 17.2. The van der Waals surface area contributed by atoms with E-state index in [1.165, 1.54) is 10.9 Å². The molecule has 6 heteroatoms. The zero-order chi connectivity index (χ0) is 18.1. The Morgan fingerprint density at radius 2 is 1.92 bits per heavy atom. The molecule has 0 aliphatic carbocycles. The standard InChI is InChI=1S/C20H21ClN4O/c21-15-1-3-16(4-2-15)25-12-18(17-5-8-23-11-19(17)25)14-6-9-24(10-7-14)20(22)13-26/h1-5,8,11-14,20H,6-7,9-10,22H2. The molecule has 1 aromatic carbocycles. The molecule has 1 aliphatic rings. The van der Waals surface area contributed by atoms with Crippen molar-refractivity contribution in [1.29, 1.82) is 0 Å². The second kappa shape index (κ2) is 7.19. The van der Waals surface area contributed by atoms with Crippen LogP contribution in [0.2, 0.25) is 5.02 Å². The SMILES string of the molecule is NC(C=O)N1CCC(c2cn(-c3ccc(Cl)cc3)c3cnccc23)CC1. The molecule has 1 fully saturated rings. The fourth-order valence-electron chi connectivity index (χ4n) is 3.84. The van der Waals surface area contributed by atoms with Crippen molar-refractivity contribution in [3.05, 3.63) is 59.5 Å². The summed E-state index contributed by atoms with van der Waals surface area (Å²) in [5.74, 6) is 0.448. The Bertz CT molecular complexity index is 913. The summed E-state index contributed by atoms with van der Waals surface area (Å²) in [4.78, 5) is 17.3. The average Bonchev–Trinajstić information content (AvgIpc) is 3.08. The fourth-order valence-corrected chi connectivity index (χ4v) is 3.96. The van der Waals surface area contributed by atoms with Crippen LogP contribution in [0.5, 0.6) is 0 Å². The van der Waals surface area contributed by atoms with Gasteiger partial charge < -0.3 is 15.1 Å². The molecule has 5 nitrogen and oxygen atoms in total. The van der Waals surface area contributed by atoms with Gasteiger partial charge >= 0.3 is 0 Å². The number of piperidine rings is 1. The molecule has 0 radical (unpaired) electrons. The van der Waals surface area contributed by atoms with Crippen LogP contribution in [-0.2, 0) is 4.79 Å². The summed E-state index contributed by atoms with van der Waals surface area (Å²) in [6, 6.07) is 9.92. The van der Waals surface area contributed by atoms with Gasteiger partial charge in [0.15, 0.2) is 6.29 Å². The number of likely N-dealkylation sites (tertiary alicyclic amines) is 1. The Morgan fingerprint density at radius 3 is 2.62 bits per heavy atom. The highest BCUT2D eigenvalue weighted by molar-refractivity contribution is 6.30. The second-order valence-corrected chi connectivity index (χ2v) is 7.20. The first-order chi connectivity index (χ1) is 12.7. The number of aromatic nitrogens is 2. The van der Waals surface area contributed by atoms with Crippen molar-refractivity contribution < 1.29 is 4.79 Å². The molecule has 0 saturated carbocycles. The van der Waals surface area contributed by atoms with E-state index in [1.54, 1.807) is 0 Å². The third-order valence-electron chi connectivity index (χ3n) is 5.27. The van der Waals surface area contributed by atoms with E-state index in [9.17, 15) is 4.79 Å². The van der Waals surface area contributed by atoms with Crippen molar-refractivity contribution in [3.63, 3.8) is 0 Å². The van der Waals surface area contributed by atoms with Gasteiger partial charge in [-0.2, -0.15) is 0 Å². The van der Waals surface area contributed by atoms with Crippen molar-refractivity contribution in [2.45, 2.75) is 24.9 Å². The maximum atomic E-state index is 10.9. The Kier molecular flexibility index (Phi) is 4.76. The highest BCUT2D eigenvalue weighted by Gasteiger charge is 2.26. The van der Waals surface area contributed by atoms with Crippen LogP contribution in [-0.4, -0.2) is 40.0 Å². The number of hydrogen-bond acceptors (Lipinski definition) is 4. The van der Waals surface area contributed by atoms with Crippen LogP contribution in [0.3, 0.4) is 0 Å². The molecule has 1 aliphatic heterocycles. The third kappa shape index (κ3) is 3.14. The lowest BCUT2D eigenvalue weighted by Gasteiger charge is -2.33. The number of carbonyl (C=O) groups excluding carboxylic acids is 1. The Morgan fingerprint density at radius 1 is 1.19 bits per heavy atom. The van der Waals surface area contributed by atoms with Crippen LogP contribution >= 0.6 is 11.6 Å². The molecule has 2 aromatic heterocycles. The molecule has 134 valence electrons. The van der Waals surface area contributed by atoms with Gasteiger partial charge in [-0.3, -0.25) is 9.88 Å². The summed E-state index contributed by atoms with van der Waals surface area (Å²) in [6.45, 7) is 1.67. The largest absolute Gasteiger partial charge is 0.315 e. The first-order valence-electron chi connectivity index (χ1n) is 8.83. The van der Waals surface area contributed by atoms with Crippen molar-refractivity contribution >= 4 is 28.8 Å². The summed E-state index contributed by atoms with van der Waals surface area (Å²) in [5, 5.41) is 1.95. The van der Waals surface area contributed by atoms with Crippen LogP contribution in [0.4, 0.5) is 0 Å². The lowest BCUT2D eigenvalue weighted by molar-refractivity contribution is -0.112. The van der Waals surface area contributed by atoms with Gasteiger partial charge in [0.25, 0.3) is 0 Å². The van der Waals surface area contributed by atoms with E-state index in [0.717, 1.165) is 48.4 Å². The number of rotatable bonds is 4. The quantitative estimate of drug-likeness (QED) is 0.717. The summed E-state index contributed by atoms with van der Waals surface area (Å²) in [5.41, 5.74) is 9.34. The Labute approximate surface area is 157 Å². The van der Waals surface area contributed by atoms with Crippen molar-refractivity contribution in [2.24, 2.45) is 5.73 Å². The van der Waals surface area contributed by atoms with Crippen molar-refractivity contribution in [2.75, 3.05) is 13.1 Å². The van der Waals surface area contributed by atoms with Gasteiger partial charge in [-0.25, -0.2) is 0 Å². The minimum atomic E-state index is -0.490. The number of halogens is 1. The predicted octanol–water partition coefficient (Wildman–Crippen LogP) is 3.34. The molecule has 4 rings (SSSR count). The van der Waals surface area contributed by atoms with Crippen molar-refractivity contribution in [1.82, 2.24) is 14.5 Å². The zero-order valence-corrected chi connectivity index (χ0v) is 15.1. The lowest BCUT2D eigenvalue weighted by atomic mass is 9.89. The van der Waals surface area contributed by atoms with E-state index < -0.39 is 6.17 Å². The second-order valence-electron chi connectivity index (χ2n) is 6.76. The molecular weight excluding hydrogens is 348 g/mol. The monoisotopic (exact) mass is 368 g/mol. The third-order valence-corrected chi connectivity index (χ3v) is 5.53. The molecule has 0 amide bonds. The number of aldehydes is 1. The maximum absolute atomic E-state index is 10.9. The number of pyridine rings is 1. The average molecular weight is 369 g/mol. The first-order valence-corrected chi connectivity index (χ1v) is 9.21. The van der Waals surface area contributed by atoms with Crippen LogP contribution in [0.15, 0.2) is 48.9 Å². The summed E-state index contributed by atoms with van der Waals surface area (Å²) in [6.07, 6.45) is 8.28. The number of nitrogens with zero attached hydrogens (tertiary/aromatic N) is 3. The van der Waals surface area contributed by atoms with Gasteiger partial charge in [-0.05, 0) is 54.7 Å². The van der Waals surface area contributed by atoms with Crippen LogP contribution in [0.1, 0.15) is 24.3 Å². The highest BCUT2D eigenvalue weighted by atomic mass is 35.5. The number of carbonyl (C=O) groups is 1. The molecule has 0 bridgehead atoms. The molecule has 1 saturated heterocycles. The smallest absolute Gasteiger partial charge is 0.151 e. The topological polar surface area (TPSA) is 64.2 Å². The van der Waals surface area contributed by atoms with Gasteiger partial charge in [0, 0.05) is 41.6 Å². The zero-order valence-electron chi connectivity index (χ0n) is 14.4. The molecule has 1 unspecified atom stereocenters. The van der Waals surface area contributed by atoms with E-state index in [4.69, 9.17) is 17.3 Å². The predicted molar refractivity (Wildman–Crippen MR) is 104 cm³/mol. The summed E-state index contributed by atoms with van der Waals surface area (Å²) >= 11 is 6.03. The molecular formula is C20H21ClN4O. The normalized spacial score (nSPS) is 17.5. The van der Waals surface area contributed by atoms with Crippen LogP contribution in [0, 0.1) is 0 Å². The van der Waals surface area contributed by atoms with Gasteiger partial charge in [0.2, 0.25) is 0 Å². The minimum absolute atomic E-state index is 0.448. The van der Waals surface area contributed by atoms with Gasteiger partial charge in [0.05, 0.1) is 11.7 Å². The van der Waals surface area contributed by atoms with Gasteiger partial charge in [-0.1, -0.05) is 11.6 Å². The van der Waals surface area contributed by atoms with Gasteiger partial charge in [0.1, 0.15) is 6.17 Å².